The second-order valence-corrected chi connectivity index (χ2v) is 4.64. The number of ether oxygens (including phenoxy) is 2. The van der Waals surface area contributed by atoms with Crippen molar-refractivity contribution >= 4 is 35.3 Å². The third kappa shape index (κ3) is 3.65. The van der Waals surface area contributed by atoms with Crippen LogP contribution in [0.3, 0.4) is 0 Å². The second-order valence-electron chi connectivity index (χ2n) is 3.86. The van der Waals surface area contributed by atoms with Crippen molar-refractivity contribution in [1.29, 1.82) is 0 Å². The van der Waals surface area contributed by atoms with Gasteiger partial charge in [-0.2, -0.15) is 0 Å². The highest BCUT2D eigenvalue weighted by Crippen LogP contribution is 2.32. The van der Waals surface area contributed by atoms with Crippen molar-refractivity contribution in [3.63, 3.8) is 0 Å². The molecule has 0 bridgehead atoms. The fourth-order valence-corrected chi connectivity index (χ4v) is 1.88. The second kappa shape index (κ2) is 6.47. The van der Waals surface area contributed by atoms with Gasteiger partial charge in [0.05, 0.1) is 5.02 Å². The Morgan fingerprint density at radius 2 is 1.57 bits per heavy atom. The number of hydrogen-bond acceptors (Lipinski definition) is 4. The van der Waals surface area contributed by atoms with E-state index in [1.54, 1.807) is 24.3 Å². The summed E-state index contributed by atoms with van der Waals surface area (Å²) in [7, 11) is 0. The molecular weight excluding hydrogens is 317 g/mol. The van der Waals surface area contributed by atoms with Crippen LogP contribution in [0.1, 0.15) is 10.4 Å². The number of nitrogens with two attached hydrogens (primary N) is 1. The Bertz CT molecular complexity index is 703. The summed E-state index contributed by atoms with van der Waals surface area (Å²) in [6.45, 7) is 0. The molecule has 0 aromatic heterocycles. The van der Waals surface area contributed by atoms with Gasteiger partial charge in [0.2, 0.25) is 0 Å². The SMILES string of the molecule is NC(=O)Oc1ccccc1C(=O)Oc1cccc(Cl)c1Cl. The monoisotopic (exact) mass is 325 g/mol. The molecular formula is C14H9Cl2NO4. The number of esters is 1. The minimum Gasteiger partial charge on any atom is -0.421 e. The van der Waals surface area contributed by atoms with Gasteiger partial charge in [-0.1, -0.05) is 41.4 Å². The van der Waals surface area contributed by atoms with Crippen LogP contribution >= 0.6 is 23.2 Å². The van der Waals surface area contributed by atoms with Gasteiger partial charge in [0.25, 0.3) is 0 Å². The third-order valence-electron chi connectivity index (χ3n) is 2.44. The number of benzene rings is 2. The molecule has 0 aliphatic heterocycles. The Kier molecular flexibility index (Phi) is 4.67. The lowest BCUT2D eigenvalue weighted by molar-refractivity contribution is 0.0732. The Morgan fingerprint density at radius 3 is 2.29 bits per heavy atom. The van der Waals surface area contributed by atoms with E-state index >= 15 is 0 Å². The maximum absolute atomic E-state index is 12.1. The number of carbonyl (C=O) groups is 2. The minimum absolute atomic E-state index is 0.00634. The first-order chi connectivity index (χ1) is 9.99. The summed E-state index contributed by atoms with van der Waals surface area (Å²) in [5, 5.41) is 0.365. The molecule has 0 atom stereocenters. The molecule has 5 nitrogen and oxygen atoms in total. The molecule has 1 amide bonds. The lowest BCUT2D eigenvalue weighted by atomic mass is 10.2. The first-order valence-corrected chi connectivity index (χ1v) is 6.47. The van der Waals surface area contributed by atoms with Crippen LogP contribution < -0.4 is 15.2 Å². The fourth-order valence-electron chi connectivity index (χ4n) is 1.55. The van der Waals surface area contributed by atoms with E-state index in [1.807, 2.05) is 0 Å². The zero-order valence-corrected chi connectivity index (χ0v) is 12.0. The molecule has 7 heteroatoms. The molecule has 0 radical (unpaired) electrons. The van der Waals surface area contributed by atoms with Crippen LogP contribution in [0.25, 0.3) is 0 Å². The fraction of sp³-hybridized carbons (Fsp3) is 0. The maximum Gasteiger partial charge on any atom is 0.409 e. The number of hydrogen-bond donors (Lipinski definition) is 1. The molecule has 2 rings (SSSR count). The molecule has 2 N–H and O–H groups in total. The summed E-state index contributed by atoms with van der Waals surface area (Å²) in [5.74, 6) is -0.660. The average Bonchev–Trinajstić information content (AvgIpc) is 2.44. The summed E-state index contributed by atoms with van der Waals surface area (Å²) in [4.78, 5) is 22.9. The normalized spacial score (nSPS) is 10.0. The number of carbonyl (C=O) groups excluding carboxylic acids is 2. The summed E-state index contributed by atoms with van der Waals surface area (Å²) in [5.41, 5.74) is 4.97. The topological polar surface area (TPSA) is 78.6 Å². The van der Waals surface area contributed by atoms with E-state index in [4.69, 9.17) is 38.4 Å². The van der Waals surface area contributed by atoms with Gasteiger partial charge in [-0.05, 0) is 24.3 Å². The van der Waals surface area contributed by atoms with Crippen molar-refractivity contribution in [2.75, 3.05) is 0 Å². The van der Waals surface area contributed by atoms with Crippen molar-refractivity contribution in [3.05, 3.63) is 58.1 Å². The molecule has 2 aromatic rings. The van der Waals surface area contributed by atoms with E-state index in [9.17, 15) is 9.59 Å². The van der Waals surface area contributed by atoms with Crippen LogP contribution in [0.2, 0.25) is 10.0 Å². The summed E-state index contributed by atoms with van der Waals surface area (Å²) in [6, 6.07) is 10.7. The van der Waals surface area contributed by atoms with E-state index in [2.05, 4.69) is 0 Å². The molecule has 21 heavy (non-hydrogen) atoms. The predicted molar refractivity (Wildman–Crippen MR) is 78.1 cm³/mol. The smallest absolute Gasteiger partial charge is 0.409 e. The van der Waals surface area contributed by atoms with Crippen molar-refractivity contribution in [1.82, 2.24) is 0 Å². The van der Waals surface area contributed by atoms with Crippen LogP contribution in [-0.2, 0) is 0 Å². The van der Waals surface area contributed by atoms with Gasteiger partial charge in [-0.3, -0.25) is 0 Å². The lowest BCUT2D eigenvalue weighted by Gasteiger charge is -2.09. The van der Waals surface area contributed by atoms with Crippen molar-refractivity contribution in [3.8, 4) is 11.5 Å². The van der Waals surface area contributed by atoms with Gasteiger partial charge < -0.3 is 15.2 Å². The molecule has 0 unspecified atom stereocenters. The molecule has 0 saturated carbocycles. The molecule has 2 aromatic carbocycles. The Morgan fingerprint density at radius 1 is 0.905 bits per heavy atom. The Balaban J connectivity index is 2.29. The van der Waals surface area contributed by atoms with Gasteiger partial charge in [0.1, 0.15) is 16.3 Å². The lowest BCUT2D eigenvalue weighted by Crippen LogP contribution is -2.19. The largest absolute Gasteiger partial charge is 0.421 e. The van der Waals surface area contributed by atoms with Gasteiger partial charge in [0.15, 0.2) is 5.75 Å². The molecule has 108 valence electrons. The van der Waals surface area contributed by atoms with Crippen LogP contribution in [0.5, 0.6) is 11.5 Å². The van der Waals surface area contributed by atoms with Crippen molar-refractivity contribution in [2.45, 2.75) is 0 Å². The quantitative estimate of drug-likeness (QED) is 0.689. The van der Waals surface area contributed by atoms with E-state index in [0.29, 0.717) is 0 Å². The van der Waals surface area contributed by atoms with Crippen LogP contribution in [0.15, 0.2) is 42.5 Å². The van der Waals surface area contributed by atoms with Gasteiger partial charge >= 0.3 is 12.1 Å². The molecule has 0 aliphatic carbocycles. The summed E-state index contributed by atoms with van der Waals surface area (Å²) in [6.07, 6.45) is -1.03. The zero-order chi connectivity index (χ0) is 15.4. The summed E-state index contributed by atoms with van der Waals surface area (Å²) >= 11 is 11.8. The number of halogens is 2. The Labute approximate surface area is 130 Å². The number of para-hydroxylation sites is 1. The average molecular weight is 326 g/mol. The highest BCUT2D eigenvalue weighted by atomic mass is 35.5. The molecule has 0 spiro atoms. The number of amides is 1. The first-order valence-electron chi connectivity index (χ1n) is 5.71. The van der Waals surface area contributed by atoms with Crippen LogP contribution in [-0.4, -0.2) is 12.1 Å². The minimum atomic E-state index is -1.03. The van der Waals surface area contributed by atoms with E-state index in [0.717, 1.165) is 0 Å². The standard InChI is InChI=1S/C14H9Cl2NO4/c15-9-5-3-7-11(12(9)16)20-13(18)8-4-1-2-6-10(8)21-14(17)19/h1-7H,(H2,17,19). The van der Waals surface area contributed by atoms with Gasteiger partial charge in [0, 0.05) is 0 Å². The van der Waals surface area contributed by atoms with Crippen LogP contribution in [0, 0.1) is 0 Å². The van der Waals surface area contributed by atoms with E-state index in [1.165, 1.54) is 18.2 Å². The molecule has 0 heterocycles. The van der Waals surface area contributed by atoms with Gasteiger partial charge in [-0.25, -0.2) is 9.59 Å². The van der Waals surface area contributed by atoms with Crippen molar-refractivity contribution < 1.29 is 19.1 Å². The maximum atomic E-state index is 12.1. The molecule has 0 fully saturated rings. The zero-order valence-electron chi connectivity index (χ0n) is 10.5. The van der Waals surface area contributed by atoms with E-state index < -0.39 is 12.1 Å². The Hall–Kier alpha value is -2.24. The summed E-state index contributed by atoms with van der Waals surface area (Å²) < 4.78 is 9.88. The predicted octanol–water partition coefficient (Wildman–Crippen LogP) is 3.67. The molecule has 0 saturated heterocycles. The highest BCUT2D eigenvalue weighted by molar-refractivity contribution is 6.43. The number of primary amides is 1. The van der Waals surface area contributed by atoms with Crippen molar-refractivity contribution in [2.24, 2.45) is 5.73 Å². The molecule has 0 aliphatic rings. The van der Waals surface area contributed by atoms with Crippen LogP contribution in [0.4, 0.5) is 4.79 Å². The highest BCUT2D eigenvalue weighted by Gasteiger charge is 2.17. The van der Waals surface area contributed by atoms with Gasteiger partial charge in [-0.15, -0.1) is 0 Å². The number of rotatable bonds is 3. The third-order valence-corrected chi connectivity index (χ3v) is 3.24. The first kappa shape index (κ1) is 15.2. The van der Waals surface area contributed by atoms with E-state index in [-0.39, 0.29) is 27.1 Å².